The molecule has 3 aromatic rings. The maximum atomic E-state index is 14.8. The van der Waals surface area contributed by atoms with Gasteiger partial charge in [-0.25, -0.2) is 9.18 Å². The Labute approximate surface area is 178 Å². The zero-order chi connectivity index (χ0) is 21.3. The predicted octanol–water partition coefficient (Wildman–Crippen LogP) is 7.46. The number of hydrogen-bond donors (Lipinski definition) is 0. The Morgan fingerprint density at radius 3 is 2.10 bits per heavy atom. The quantitative estimate of drug-likeness (QED) is 0.273. The number of esters is 1. The lowest BCUT2D eigenvalue weighted by molar-refractivity contribution is 0.0505. The number of unbranched alkanes of at least 4 members (excludes halogenated alkanes) is 2. The fraction of sp³-hybridized carbons (Fsp3) is 0.296. The Morgan fingerprint density at radius 2 is 1.47 bits per heavy atom. The molecule has 2 nitrogen and oxygen atoms in total. The summed E-state index contributed by atoms with van der Waals surface area (Å²) in [6, 6.07) is 20.5. The number of ether oxygens (including phenoxy) is 1. The summed E-state index contributed by atoms with van der Waals surface area (Å²) >= 11 is 0. The molecule has 0 unspecified atom stereocenters. The van der Waals surface area contributed by atoms with E-state index >= 15 is 0 Å². The van der Waals surface area contributed by atoms with E-state index in [0.29, 0.717) is 17.7 Å². The second-order valence-corrected chi connectivity index (χ2v) is 7.56. The number of aryl methyl sites for hydroxylation is 1. The molecule has 0 heterocycles. The van der Waals surface area contributed by atoms with Gasteiger partial charge in [-0.1, -0.05) is 75.2 Å². The Balaban J connectivity index is 1.73. The van der Waals surface area contributed by atoms with Crippen LogP contribution in [0.25, 0.3) is 22.3 Å². The summed E-state index contributed by atoms with van der Waals surface area (Å²) in [5, 5.41) is 0. The van der Waals surface area contributed by atoms with Crippen molar-refractivity contribution in [1.82, 2.24) is 0 Å². The molecule has 3 rings (SSSR count). The molecule has 0 atom stereocenters. The third kappa shape index (κ3) is 5.56. The maximum Gasteiger partial charge on any atom is 0.338 e. The van der Waals surface area contributed by atoms with Gasteiger partial charge in [-0.2, -0.15) is 0 Å². The first-order valence-corrected chi connectivity index (χ1v) is 10.8. The van der Waals surface area contributed by atoms with Crippen molar-refractivity contribution in [2.75, 3.05) is 6.61 Å². The molecule has 0 saturated carbocycles. The van der Waals surface area contributed by atoms with Crippen molar-refractivity contribution in [3.05, 3.63) is 83.7 Å². The third-order valence-corrected chi connectivity index (χ3v) is 5.19. The Kier molecular flexibility index (Phi) is 7.78. The van der Waals surface area contributed by atoms with Crippen molar-refractivity contribution in [1.29, 1.82) is 0 Å². The first kappa shape index (κ1) is 21.8. The van der Waals surface area contributed by atoms with Gasteiger partial charge in [0, 0.05) is 5.56 Å². The summed E-state index contributed by atoms with van der Waals surface area (Å²) in [5.74, 6) is -0.583. The van der Waals surface area contributed by atoms with Crippen LogP contribution in [0.15, 0.2) is 66.7 Å². The van der Waals surface area contributed by atoms with Gasteiger partial charge >= 0.3 is 5.97 Å². The maximum absolute atomic E-state index is 14.8. The Hall–Kier alpha value is -2.94. The molecule has 0 aliphatic heterocycles. The molecule has 3 aromatic carbocycles. The Bertz CT molecular complexity index is 959. The minimum Gasteiger partial charge on any atom is -0.462 e. The van der Waals surface area contributed by atoms with Gasteiger partial charge in [-0.3, -0.25) is 0 Å². The number of benzene rings is 3. The van der Waals surface area contributed by atoms with Gasteiger partial charge in [-0.05, 0) is 59.7 Å². The summed E-state index contributed by atoms with van der Waals surface area (Å²) in [4.78, 5) is 11.9. The van der Waals surface area contributed by atoms with Crippen LogP contribution in [0.1, 0.15) is 55.5 Å². The van der Waals surface area contributed by atoms with Crippen LogP contribution in [-0.4, -0.2) is 12.6 Å². The van der Waals surface area contributed by atoms with Gasteiger partial charge in [0.25, 0.3) is 0 Å². The first-order valence-electron chi connectivity index (χ1n) is 10.8. The van der Waals surface area contributed by atoms with Crippen LogP contribution in [0, 0.1) is 5.82 Å². The molecule has 3 heteroatoms. The van der Waals surface area contributed by atoms with E-state index in [2.05, 4.69) is 19.1 Å². The normalized spacial score (nSPS) is 10.8. The minimum absolute atomic E-state index is 0.252. The third-order valence-electron chi connectivity index (χ3n) is 5.19. The molecule has 0 saturated heterocycles. The molecule has 0 aliphatic rings. The van der Waals surface area contributed by atoms with Gasteiger partial charge in [-0.15, -0.1) is 0 Å². The van der Waals surface area contributed by atoms with Crippen LogP contribution in [0.2, 0.25) is 0 Å². The van der Waals surface area contributed by atoms with Gasteiger partial charge < -0.3 is 4.74 Å². The molecule has 0 amide bonds. The number of hydrogen-bond acceptors (Lipinski definition) is 2. The van der Waals surface area contributed by atoms with E-state index in [1.807, 2.05) is 43.3 Å². The average Bonchev–Trinajstić information content (AvgIpc) is 2.78. The molecule has 30 heavy (non-hydrogen) atoms. The van der Waals surface area contributed by atoms with E-state index in [9.17, 15) is 9.18 Å². The van der Waals surface area contributed by atoms with E-state index in [4.69, 9.17) is 4.74 Å². The molecule has 0 spiro atoms. The van der Waals surface area contributed by atoms with Crippen LogP contribution in [0.3, 0.4) is 0 Å². The van der Waals surface area contributed by atoms with E-state index in [1.165, 1.54) is 24.8 Å². The van der Waals surface area contributed by atoms with E-state index in [0.717, 1.165) is 29.5 Å². The van der Waals surface area contributed by atoms with Gasteiger partial charge in [0.1, 0.15) is 5.82 Å². The van der Waals surface area contributed by atoms with Crippen molar-refractivity contribution in [2.45, 2.75) is 46.0 Å². The monoisotopic (exact) mass is 404 g/mol. The molecule has 0 radical (unpaired) electrons. The van der Waals surface area contributed by atoms with Gasteiger partial charge in [0.15, 0.2) is 0 Å². The predicted molar refractivity (Wildman–Crippen MR) is 121 cm³/mol. The lowest BCUT2D eigenvalue weighted by Gasteiger charge is -2.09. The molecule has 156 valence electrons. The second-order valence-electron chi connectivity index (χ2n) is 7.56. The zero-order valence-electron chi connectivity index (χ0n) is 17.8. The number of halogens is 1. The molecule has 0 fully saturated rings. The van der Waals surface area contributed by atoms with Crippen molar-refractivity contribution in [3.8, 4) is 22.3 Å². The number of rotatable bonds is 9. The fourth-order valence-electron chi connectivity index (χ4n) is 3.44. The highest BCUT2D eigenvalue weighted by atomic mass is 19.1. The molecule has 0 aliphatic carbocycles. The highest BCUT2D eigenvalue weighted by Gasteiger charge is 2.10. The van der Waals surface area contributed by atoms with E-state index in [1.54, 1.807) is 18.2 Å². The van der Waals surface area contributed by atoms with E-state index < -0.39 is 0 Å². The smallest absolute Gasteiger partial charge is 0.338 e. The summed E-state index contributed by atoms with van der Waals surface area (Å²) in [7, 11) is 0. The molecule has 0 aromatic heterocycles. The van der Waals surface area contributed by atoms with Crippen LogP contribution in [0.5, 0.6) is 0 Å². The largest absolute Gasteiger partial charge is 0.462 e. The van der Waals surface area contributed by atoms with E-state index in [-0.39, 0.29) is 11.8 Å². The van der Waals surface area contributed by atoms with Crippen LogP contribution < -0.4 is 0 Å². The number of carbonyl (C=O) groups excluding carboxylic acids is 1. The topological polar surface area (TPSA) is 26.3 Å². The van der Waals surface area contributed by atoms with Crippen LogP contribution >= 0.6 is 0 Å². The van der Waals surface area contributed by atoms with Crippen molar-refractivity contribution in [3.63, 3.8) is 0 Å². The zero-order valence-corrected chi connectivity index (χ0v) is 17.8. The molecule has 0 bridgehead atoms. The SMILES string of the molecule is CCCCCc1ccc(-c2ccc(-c3ccc(C(=O)OCCC)cc3)cc2F)cc1. The van der Waals surface area contributed by atoms with Crippen molar-refractivity contribution < 1.29 is 13.9 Å². The van der Waals surface area contributed by atoms with Crippen LogP contribution in [-0.2, 0) is 11.2 Å². The summed E-state index contributed by atoms with van der Waals surface area (Å²) in [5.41, 5.74) is 4.91. The average molecular weight is 405 g/mol. The lowest BCUT2D eigenvalue weighted by Crippen LogP contribution is -2.05. The summed E-state index contributed by atoms with van der Waals surface area (Å²) < 4.78 is 20.0. The molecular weight excluding hydrogens is 375 g/mol. The standard InChI is InChI=1S/C27H29FO2/c1-3-5-6-7-20-8-10-22(11-9-20)25-17-16-24(19-26(25)28)21-12-14-23(15-13-21)27(29)30-18-4-2/h8-17,19H,3-7,18H2,1-2H3. The highest BCUT2D eigenvalue weighted by molar-refractivity contribution is 5.90. The Morgan fingerprint density at radius 1 is 0.800 bits per heavy atom. The molecular formula is C27H29FO2. The molecule has 0 N–H and O–H groups in total. The lowest BCUT2D eigenvalue weighted by atomic mass is 9.97. The summed E-state index contributed by atoms with van der Waals surface area (Å²) in [6.07, 6.45) is 5.49. The minimum atomic E-state index is -0.330. The highest BCUT2D eigenvalue weighted by Crippen LogP contribution is 2.28. The fourth-order valence-corrected chi connectivity index (χ4v) is 3.44. The van der Waals surface area contributed by atoms with Crippen molar-refractivity contribution >= 4 is 5.97 Å². The van der Waals surface area contributed by atoms with Crippen molar-refractivity contribution in [2.24, 2.45) is 0 Å². The van der Waals surface area contributed by atoms with Crippen LogP contribution in [0.4, 0.5) is 4.39 Å². The number of carbonyl (C=O) groups is 1. The van der Waals surface area contributed by atoms with Gasteiger partial charge in [0.2, 0.25) is 0 Å². The van der Waals surface area contributed by atoms with Gasteiger partial charge in [0.05, 0.1) is 12.2 Å². The second kappa shape index (κ2) is 10.7. The summed E-state index contributed by atoms with van der Waals surface area (Å²) in [6.45, 7) is 4.56. The first-order chi connectivity index (χ1) is 14.6.